The molecular weight excluding hydrogens is 294 g/mol. The van der Waals surface area contributed by atoms with Crippen LogP contribution in [0.2, 0.25) is 0 Å². The van der Waals surface area contributed by atoms with Crippen molar-refractivity contribution in [2.24, 2.45) is 0 Å². The van der Waals surface area contributed by atoms with E-state index in [2.05, 4.69) is 0 Å². The fraction of sp³-hybridized carbons (Fsp3) is 0.636. The molecule has 18 heavy (non-hydrogen) atoms. The number of thiophene rings is 1. The van der Waals surface area contributed by atoms with E-state index < -0.39 is 10.0 Å². The largest absolute Gasteiger partial charge is 0.383 e. The summed E-state index contributed by atoms with van der Waals surface area (Å²) in [5.41, 5.74) is 0.918. The van der Waals surface area contributed by atoms with Crippen molar-refractivity contribution in [3.8, 4) is 0 Å². The Morgan fingerprint density at radius 1 is 1.56 bits per heavy atom. The highest BCUT2D eigenvalue weighted by Gasteiger charge is 2.27. The van der Waals surface area contributed by atoms with Crippen molar-refractivity contribution in [1.29, 1.82) is 0 Å². The molecule has 0 radical (unpaired) electrons. The molecule has 0 saturated carbocycles. The molecule has 0 aliphatic rings. The molecule has 1 aromatic rings. The molecule has 0 spiro atoms. The summed E-state index contributed by atoms with van der Waals surface area (Å²) >= 11 is 7.00. The Morgan fingerprint density at radius 3 is 2.61 bits per heavy atom. The minimum atomic E-state index is -3.46. The van der Waals surface area contributed by atoms with Gasteiger partial charge in [0.05, 0.1) is 12.5 Å². The lowest BCUT2D eigenvalue weighted by atomic mass is 10.3. The summed E-state index contributed by atoms with van der Waals surface area (Å²) in [4.78, 5) is 0.892. The standard InChI is InChI=1S/C11H18ClNO3S2/c1-8-5-11(17-10(8)6-12)18(14,15)13(3)9(2)7-16-4/h5,9H,6-7H2,1-4H3. The number of likely N-dealkylation sites (N-methyl/N-ethyl adjacent to an activating group) is 1. The van der Waals surface area contributed by atoms with Crippen LogP contribution in [0.15, 0.2) is 10.3 Å². The Morgan fingerprint density at radius 2 is 2.17 bits per heavy atom. The van der Waals surface area contributed by atoms with Crippen LogP contribution in [0.1, 0.15) is 17.4 Å². The summed E-state index contributed by atoms with van der Waals surface area (Å²) in [5.74, 6) is 0.337. The van der Waals surface area contributed by atoms with Gasteiger partial charge in [0.25, 0.3) is 10.0 Å². The highest BCUT2D eigenvalue weighted by molar-refractivity contribution is 7.91. The van der Waals surface area contributed by atoms with Crippen LogP contribution in [0.5, 0.6) is 0 Å². The van der Waals surface area contributed by atoms with Gasteiger partial charge in [-0.05, 0) is 25.5 Å². The first kappa shape index (κ1) is 15.9. The van der Waals surface area contributed by atoms with Crippen molar-refractivity contribution in [1.82, 2.24) is 4.31 Å². The predicted molar refractivity (Wildman–Crippen MR) is 74.9 cm³/mol. The monoisotopic (exact) mass is 311 g/mol. The average molecular weight is 312 g/mol. The van der Waals surface area contributed by atoms with E-state index in [-0.39, 0.29) is 6.04 Å². The molecule has 1 atom stereocenters. The first-order valence-corrected chi connectivity index (χ1v) is 8.26. The number of halogens is 1. The lowest BCUT2D eigenvalue weighted by Crippen LogP contribution is -2.37. The van der Waals surface area contributed by atoms with Gasteiger partial charge in [-0.2, -0.15) is 4.31 Å². The van der Waals surface area contributed by atoms with Crippen molar-refractivity contribution in [3.05, 3.63) is 16.5 Å². The molecule has 0 saturated heterocycles. The van der Waals surface area contributed by atoms with Crippen LogP contribution >= 0.6 is 22.9 Å². The average Bonchev–Trinajstić information content (AvgIpc) is 2.70. The number of hydrogen-bond donors (Lipinski definition) is 0. The predicted octanol–water partition coefficient (Wildman–Crippen LogP) is 2.45. The summed E-state index contributed by atoms with van der Waals surface area (Å²) in [6, 6.07) is 1.47. The zero-order chi connectivity index (χ0) is 13.9. The van der Waals surface area contributed by atoms with Gasteiger partial charge in [0, 0.05) is 25.1 Å². The Hall–Kier alpha value is -0.140. The number of hydrogen-bond acceptors (Lipinski definition) is 4. The highest BCUT2D eigenvalue weighted by Crippen LogP contribution is 2.29. The van der Waals surface area contributed by atoms with Crippen molar-refractivity contribution < 1.29 is 13.2 Å². The minimum Gasteiger partial charge on any atom is -0.383 e. The maximum Gasteiger partial charge on any atom is 0.252 e. The molecule has 4 nitrogen and oxygen atoms in total. The van der Waals surface area contributed by atoms with E-state index in [1.54, 1.807) is 20.2 Å². The normalized spacial score (nSPS) is 14.1. The molecule has 0 N–H and O–H groups in total. The van der Waals surface area contributed by atoms with Crippen LogP contribution in [0.3, 0.4) is 0 Å². The second-order valence-electron chi connectivity index (χ2n) is 4.13. The second-order valence-corrected chi connectivity index (χ2v) is 7.76. The van der Waals surface area contributed by atoms with Gasteiger partial charge in [0.2, 0.25) is 0 Å². The quantitative estimate of drug-likeness (QED) is 0.758. The van der Waals surface area contributed by atoms with Crippen molar-refractivity contribution in [3.63, 3.8) is 0 Å². The molecule has 0 aliphatic heterocycles. The molecule has 0 fully saturated rings. The van der Waals surface area contributed by atoms with Crippen LogP contribution in [-0.2, 0) is 20.6 Å². The first-order valence-electron chi connectivity index (χ1n) is 5.46. The van der Waals surface area contributed by atoms with Crippen LogP contribution < -0.4 is 0 Å². The molecule has 0 amide bonds. The van der Waals surface area contributed by atoms with Gasteiger partial charge in [-0.1, -0.05) is 0 Å². The van der Waals surface area contributed by atoms with E-state index in [1.165, 1.54) is 15.6 Å². The second kappa shape index (κ2) is 6.34. The summed E-state index contributed by atoms with van der Waals surface area (Å²) in [6.45, 7) is 4.04. The molecule has 0 bridgehead atoms. The number of rotatable bonds is 6. The first-order chi connectivity index (χ1) is 8.34. The van der Waals surface area contributed by atoms with Crippen molar-refractivity contribution in [2.75, 3.05) is 20.8 Å². The molecule has 1 heterocycles. The summed E-state index contributed by atoms with van der Waals surface area (Å²) in [5, 5.41) is 0. The van der Waals surface area contributed by atoms with E-state index in [4.69, 9.17) is 16.3 Å². The van der Waals surface area contributed by atoms with Gasteiger partial charge < -0.3 is 4.74 Å². The van der Waals surface area contributed by atoms with Crippen molar-refractivity contribution in [2.45, 2.75) is 30.0 Å². The van der Waals surface area contributed by atoms with E-state index >= 15 is 0 Å². The van der Waals surface area contributed by atoms with Gasteiger partial charge >= 0.3 is 0 Å². The summed E-state index contributed by atoms with van der Waals surface area (Å²) in [6.07, 6.45) is 0. The lowest BCUT2D eigenvalue weighted by molar-refractivity contribution is 0.149. The lowest BCUT2D eigenvalue weighted by Gasteiger charge is -2.22. The molecular formula is C11H18ClNO3S2. The molecule has 104 valence electrons. The third-order valence-corrected chi connectivity index (χ3v) is 6.87. The van der Waals surface area contributed by atoms with Crippen LogP contribution in [0.25, 0.3) is 0 Å². The molecule has 1 rings (SSSR count). The maximum absolute atomic E-state index is 12.4. The minimum absolute atomic E-state index is 0.207. The third-order valence-electron chi connectivity index (χ3n) is 2.78. The van der Waals surface area contributed by atoms with E-state index in [0.29, 0.717) is 16.7 Å². The van der Waals surface area contributed by atoms with Gasteiger partial charge in [-0.15, -0.1) is 22.9 Å². The van der Waals surface area contributed by atoms with Gasteiger partial charge in [0.1, 0.15) is 4.21 Å². The molecule has 0 aromatic carbocycles. The zero-order valence-corrected chi connectivity index (χ0v) is 13.3. The number of aryl methyl sites for hydroxylation is 1. The molecule has 1 unspecified atom stereocenters. The smallest absolute Gasteiger partial charge is 0.252 e. The number of sulfonamides is 1. The summed E-state index contributed by atoms with van der Waals surface area (Å²) < 4.78 is 31.4. The van der Waals surface area contributed by atoms with Crippen molar-refractivity contribution >= 4 is 33.0 Å². The Kier molecular flexibility index (Phi) is 5.61. The van der Waals surface area contributed by atoms with Gasteiger partial charge in [0.15, 0.2) is 0 Å². The van der Waals surface area contributed by atoms with Crippen LogP contribution in [0, 0.1) is 6.92 Å². The maximum atomic E-state index is 12.4. The van der Waals surface area contributed by atoms with E-state index in [9.17, 15) is 8.42 Å². The summed E-state index contributed by atoms with van der Waals surface area (Å²) in [7, 11) is -0.342. The molecule has 1 aromatic heterocycles. The highest BCUT2D eigenvalue weighted by atomic mass is 35.5. The fourth-order valence-corrected chi connectivity index (χ4v) is 4.82. The van der Waals surface area contributed by atoms with Gasteiger partial charge in [-0.3, -0.25) is 0 Å². The third kappa shape index (κ3) is 3.24. The number of nitrogens with zero attached hydrogens (tertiary/aromatic N) is 1. The number of methoxy groups -OCH3 is 1. The Labute approximate surface area is 118 Å². The molecule has 7 heteroatoms. The van der Waals surface area contributed by atoms with E-state index in [0.717, 1.165) is 10.4 Å². The topological polar surface area (TPSA) is 46.6 Å². The fourth-order valence-electron chi connectivity index (χ4n) is 1.47. The van der Waals surface area contributed by atoms with Crippen LogP contribution in [0.4, 0.5) is 0 Å². The number of alkyl halides is 1. The Bertz CT molecular complexity index is 498. The number of ether oxygens (including phenoxy) is 1. The van der Waals surface area contributed by atoms with E-state index in [1.807, 2.05) is 13.8 Å². The molecule has 0 aliphatic carbocycles. The Balaban J connectivity index is 3.05. The van der Waals surface area contributed by atoms with Gasteiger partial charge in [-0.25, -0.2) is 8.42 Å². The zero-order valence-electron chi connectivity index (χ0n) is 10.9. The SMILES string of the molecule is COCC(C)N(C)S(=O)(=O)c1cc(C)c(CCl)s1. The van der Waals surface area contributed by atoms with Crippen LogP contribution in [-0.4, -0.2) is 39.5 Å².